The first-order chi connectivity index (χ1) is 11.8. The molecule has 0 spiro atoms. The molecule has 0 fully saturated rings. The minimum absolute atomic E-state index is 0.229. The van der Waals surface area contributed by atoms with Crippen LogP contribution >= 0.6 is 0 Å². The highest BCUT2D eigenvalue weighted by molar-refractivity contribution is 5.47. The molecule has 0 aliphatic heterocycles. The van der Waals surface area contributed by atoms with Crippen LogP contribution in [-0.2, 0) is 0 Å². The number of benzene rings is 2. The Morgan fingerprint density at radius 1 is 0.708 bits per heavy atom. The Balaban J connectivity index is 2.15. The Morgan fingerprint density at radius 3 is 1.67 bits per heavy atom. The van der Waals surface area contributed by atoms with E-state index in [-0.39, 0.29) is 11.8 Å². The van der Waals surface area contributed by atoms with Crippen LogP contribution in [0.2, 0.25) is 0 Å². The third-order valence-corrected chi connectivity index (χ3v) is 4.71. The molecule has 0 radical (unpaired) electrons. The molecule has 0 saturated heterocycles. The topological polar surface area (TPSA) is 36.1 Å². The van der Waals surface area contributed by atoms with Crippen molar-refractivity contribution in [2.45, 2.75) is 5.92 Å². The van der Waals surface area contributed by atoms with Crippen LogP contribution in [0.15, 0.2) is 83.8 Å². The van der Waals surface area contributed by atoms with Crippen LogP contribution in [0.3, 0.4) is 0 Å². The summed E-state index contributed by atoms with van der Waals surface area (Å²) in [5, 5.41) is 10.1. The summed E-state index contributed by atoms with van der Waals surface area (Å²) < 4.78 is 0. The fourth-order valence-corrected chi connectivity index (χ4v) is 3.62. The van der Waals surface area contributed by atoms with Crippen molar-refractivity contribution in [3.8, 4) is 0 Å². The zero-order chi connectivity index (χ0) is 16.9. The fourth-order valence-electron chi connectivity index (χ4n) is 3.62. The largest absolute Gasteiger partial charge is 0.391 e. The van der Waals surface area contributed by atoms with E-state index in [1.54, 1.807) is 0 Å². The van der Waals surface area contributed by atoms with Gasteiger partial charge in [-0.15, -0.1) is 0 Å². The number of likely N-dealkylation sites (N-methyl/N-ethyl adjacent to an activating group) is 1. The SMILES string of the molecule is CNC1=CC(NC)=C(NC)C1C(c1ccccc1)c1ccccc1. The van der Waals surface area contributed by atoms with E-state index in [0.717, 1.165) is 5.70 Å². The standard InChI is InChI=1S/C21H25N3/c1-22-17-14-18(23-2)21(24-3)20(17)19(15-10-6-4-7-11-15)16-12-8-5-9-13-16/h4-14,19-20,22-24H,1-3H3. The third-order valence-electron chi connectivity index (χ3n) is 4.71. The van der Waals surface area contributed by atoms with Crippen molar-refractivity contribution in [2.24, 2.45) is 5.92 Å². The minimum Gasteiger partial charge on any atom is -0.391 e. The second-order valence-electron chi connectivity index (χ2n) is 5.95. The average Bonchev–Trinajstić information content (AvgIpc) is 3.01. The van der Waals surface area contributed by atoms with Crippen LogP contribution in [0.1, 0.15) is 17.0 Å². The summed E-state index contributed by atoms with van der Waals surface area (Å²) >= 11 is 0. The first-order valence-corrected chi connectivity index (χ1v) is 8.39. The van der Waals surface area contributed by atoms with Crippen molar-refractivity contribution in [2.75, 3.05) is 21.1 Å². The molecule has 2 aromatic rings. The second kappa shape index (κ2) is 7.26. The summed E-state index contributed by atoms with van der Waals surface area (Å²) in [7, 11) is 5.97. The monoisotopic (exact) mass is 319 g/mol. The second-order valence-corrected chi connectivity index (χ2v) is 5.95. The van der Waals surface area contributed by atoms with E-state index >= 15 is 0 Å². The van der Waals surface area contributed by atoms with Crippen LogP contribution in [0, 0.1) is 5.92 Å². The van der Waals surface area contributed by atoms with Gasteiger partial charge in [0.25, 0.3) is 0 Å². The summed E-state index contributed by atoms with van der Waals surface area (Å²) in [6.45, 7) is 0. The Morgan fingerprint density at radius 2 is 1.25 bits per heavy atom. The van der Waals surface area contributed by atoms with Gasteiger partial charge in [-0.05, 0) is 17.2 Å². The van der Waals surface area contributed by atoms with Gasteiger partial charge in [-0.1, -0.05) is 60.7 Å². The van der Waals surface area contributed by atoms with Gasteiger partial charge in [0, 0.05) is 38.5 Å². The summed E-state index contributed by atoms with van der Waals surface area (Å²) in [6.07, 6.45) is 2.20. The van der Waals surface area contributed by atoms with E-state index < -0.39 is 0 Å². The number of rotatable bonds is 6. The van der Waals surface area contributed by atoms with Crippen molar-refractivity contribution in [1.82, 2.24) is 16.0 Å². The van der Waals surface area contributed by atoms with Gasteiger partial charge in [-0.2, -0.15) is 0 Å². The summed E-state index contributed by atoms with van der Waals surface area (Å²) in [6, 6.07) is 21.5. The zero-order valence-electron chi connectivity index (χ0n) is 14.5. The van der Waals surface area contributed by atoms with Gasteiger partial charge in [-0.3, -0.25) is 0 Å². The normalized spacial score (nSPS) is 17.0. The lowest BCUT2D eigenvalue weighted by atomic mass is 9.78. The van der Waals surface area contributed by atoms with Gasteiger partial charge >= 0.3 is 0 Å². The van der Waals surface area contributed by atoms with E-state index in [1.165, 1.54) is 22.5 Å². The molecule has 1 aliphatic carbocycles. The highest BCUT2D eigenvalue weighted by Crippen LogP contribution is 2.42. The van der Waals surface area contributed by atoms with E-state index in [2.05, 4.69) is 82.7 Å². The fraction of sp³-hybridized carbons (Fsp3) is 0.238. The maximum Gasteiger partial charge on any atom is 0.0555 e. The van der Waals surface area contributed by atoms with Crippen molar-refractivity contribution in [1.29, 1.82) is 0 Å². The van der Waals surface area contributed by atoms with Crippen LogP contribution in [-0.4, -0.2) is 21.1 Å². The van der Waals surface area contributed by atoms with E-state index in [0.29, 0.717) is 0 Å². The lowest BCUT2D eigenvalue weighted by Crippen LogP contribution is -2.28. The smallest absolute Gasteiger partial charge is 0.0555 e. The molecule has 0 saturated carbocycles. The van der Waals surface area contributed by atoms with Gasteiger partial charge in [0.1, 0.15) is 0 Å². The Labute approximate surface area is 144 Å². The van der Waals surface area contributed by atoms with Crippen molar-refractivity contribution >= 4 is 0 Å². The van der Waals surface area contributed by atoms with Crippen LogP contribution in [0.5, 0.6) is 0 Å². The van der Waals surface area contributed by atoms with Crippen molar-refractivity contribution in [3.05, 3.63) is 95.0 Å². The zero-order valence-corrected chi connectivity index (χ0v) is 14.5. The van der Waals surface area contributed by atoms with Crippen molar-refractivity contribution < 1.29 is 0 Å². The highest BCUT2D eigenvalue weighted by Gasteiger charge is 2.35. The van der Waals surface area contributed by atoms with Crippen LogP contribution < -0.4 is 16.0 Å². The summed E-state index contributed by atoms with van der Waals surface area (Å²) in [5.41, 5.74) is 6.23. The molecule has 1 aliphatic rings. The Hall–Kier alpha value is -2.68. The van der Waals surface area contributed by atoms with Gasteiger partial charge in [0.15, 0.2) is 0 Å². The van der Waals surface area contributed by atoms with Gasteiger partial charge in [0.05, 0.1) is 11.6 Å². The molecule has 1 unspecified atom stereocenters. The lowest BCUT2D eigenvalue weighted by molar-refractivity contribution is 0.563. The summed E-state index contributed by atoms with van der Waals surface area (Å²) in [4.78, 5) is 0. The Bertz CT molecular complexity index is 693. The number of hydrogen-bond donors (Lipinski definition) is 3. The predicted molar refractivity (Wildman–Crippen MR) is 101 cm³/mol. The van der Waals surface area contributed by atoms with E-state index in [1.807, 2.05) is 21.1 Å². The number of hydrogen-bond acceptors (Lipinski definition) is 3. The molecule has 0 aromatic heterocycles. The molecule has 3 nitrogen and oxygen atoms in total. The number of allylic oxidation sites excluding steroid dienone is 1. The molecule has 24 heavy (non-hydrogen) atoms. The maximum absolute atomic E-state index is 3.42. The molecule has 0 bridgehead atoms. The molecule has 1 atom stereocenters. The lowest BCUT2D eigenvalue weighted by Gasteiger charge is -2.29. The van der Waals surface area contributed by atoms with E-state index in [4.69, 9.17) is 0 Å². The molecular weight excluding hydrogens is 294 g/mol. The first kappa shape index (κ1) is 16.2. The third kappa shape index (κ3) is 2.90. The summed E-state index contributed by atoms with van der Waals surface area (Å²) in [5.74, 6) is 0.478. The molecule has 0 amide bonds. The molecule has 3 rings (SSSR count). The molecule has 3 N–H and O–H groups in total. The molecule has 2 aromatic carbocycles. The van der Waals surface area contributed by atoms with Gasteiger partial charge < -0.3 is 16.0 Å². The number of nitrogens with one attached hydrogen (secondary N) is 3. The molecule has 124 valence electrons. The van der Waals surface area contributed by atoms with Crippen molar-refractivity contribution in [3.63, 3.8) is 0 Å². The highest BCUT2D eigenvalue weighted by atomic mass is 15.0. The predicted octanol–water partition coefficient (Wildman–Crippen LogP) is 3.20. The Kier molecular flexibility index (Phi) is 4.90. The minimum atomic E-state index is 0.229. The van der Waals surface area contributed by atoms with Gasteiger partial charge in [-0.25, -0.2) is 0 Å². The molecule has 0 heterocycles. The van der Waals surface area contributed by atoms with Crippen LogP contribution in [0.4, 0.5) is 0 Å². The molecule has 3 heteroatoms. The van der Waals surface area contributed by atoms with Gasteiger partial charge in [0.2, 0.25) is 0 Å². The molecular formula is C21H25N3. The van der Waals surface area contributed by atoms with Crippen LogP contribution in [0.25, 0.3) is 0 Å². The first-order valence-electron chi connectivity index (χ1n) is 8.39. The van der Waals surface area contributed by atoms with E-state index in [9.17, 15) is 0 Å². The maximum atomic E-state index is 3.42. The average molecular weight is 319 g/mol. The quantitative estimate of drug-likeness (QED) is 0.765.